The Morgan fingerprint density at radius 2 is 1.76 bits per heavy atom. The van der Waals surface area contributed by atoms with Crippen molar-refractivity contribution in [2.24, 2.45) is 0 Å². The van der Waals surface area contributed by atoms with Crippen LogP contribution in [0.1, 0.15) is 5.56 Å². The number of fused-ring (bicyclic) bond motifs is 1. The first-order valence-electron chi connectivity index (χ1n) is 10.1. The maximum absolute atomic E-state index is 12.6. The highest BCUT2D eigenvalue weighted by Gasteiger charge is 2.26. The van der Waals surface area contributed by atoms with Crippen molar-refractivity contribution >= 4 is 33.7 Å². The maximum atomic E-state index is 12.6. The molecular weight excluding hydrogens is 452 g/mol. The highest BCUT2D eigenvalue weighted by molar-refractivity contribution is 7.89. The molecule has 174 valence electrons. The molecule has 1 fully saturated rings. The molecule has 0 aliphatic carbocycles. The van der Waals surface area contributed by atoms with Crippen molar-refractivity contribution in [1.29, 1.82) is 0 Å². The number of nitrogens with zero attached hydrogens (tertiary/aromatic N) is 1. The summed E-state index contributed by atoms with van der Waals surface area (Å²) in [6, 6.07) is 11.1. The van der Waals surface area contributed by atoms with Crippen LogP contribution in [0.25, 0.3) is 6.08 Å². The lowest BCUT2D eigenvalue weighted by atomic mass is 10.2. The Kier molecular flexibility index (Phi) is 6.92. The van der Waals surface area contributed by atoms with Crippen LogP contribution in [0, 0.1) is 0 Å². The molecule has 11 heteroatoms. The van der Waals surface area contributed by atoms with Gasteiger partial charge in [-0.2, -0.15) is 4.31 Å². The number of nitrogens with one attached hydrogen (secondary N) is 1. The number of hydrogen-bond acceptors (Lipinski definition) is 8. The van der Waals surface area contributed by atoms with E-state index in [0.717, 1.165) is 0 Å². The predicted octanol–water partition coefficient (Wildman–Crippen LogP) is 1.63. The zero-order valence-electron chi connectivity index (χ0n) is 17.6. The Hall–Kier alpha value is -3.41. The molecule has 2 aromatic rings. The van der Waals surface area contributed by atoms with E-state index in [-0.39, 0.29) is 11.7 Å². The largest absolute Gasteiger partial charge is 0.454 e. The topological polar surface area (TPSA) is 120 Å². The minimum absolute atomic E-state index is 0.128. The average molecular weight is 474 g/mol. The van der Waals surface area contributed by atoms with E-state index < -0.39 is 28.5 Å². The number of morpholine rings is 1. The van der Waals surface area contributed by atoms with E-state index in [1.165, 1.54) is 28.6 Å². The minimum atomic E-state index is -3.58. The summed E-state index contributed by atoms with van der Waals surface area (Å²) in [4.78, 5) is 24.1. The first-order chi connectivity index (χ1) is 15.9. The monoisotopic (exact) mass is 474 g/mol. The molecule has 0 radical (unpaired) electrons. The molecule has 2 aliphatic rings. The van der Waals surface area contributed by atoms with Crippen molar-refractivity contribution in [1.82, 2.24) is 4.31 Å². The van der Waals surface area contributed by atoms with Gasteiger partial charge in [0.2, 0.25) is 16.8 Å². The van der Waals surface area contributed by atoms with E-state index in [4.69, 9.17) is 18.9 Å². The number of rotatable bonds is 7. The number of amides is 1. The van der Waals surface area contributed by atoms with Crippen LogP contribution in [-0.2, 0) is 29.1 Å². The average Bonchev–Trinajstić information content (AvgIpc) is 3.30. The van der Waals surface area contributed by atoms with Gasteiger partial charge in [0.25, 0.3) is 5.91 Å². The second kappa shape index (κ2) is 10.0. The summed E-state index contributed by atoms with van der Waals surface area (Å²) in [6.07, 6.45) is 2.64. The first-order valence-corrected chi connectivity index (χ1v) is 11.6. The summed E-state index contributed by atoms with van der Waals surface area (Å²) in [6.45, 7) is 1.04. The zero-order chi connectivity index (χ0) is 23.3. The van der Waals surface area contributed by atoms with E-state index in [1.54, 1.807) is 30.3 Å². The first kappa shape index (κ1) is 22.8. The second-order valence-corrected chi connectivity index (χ2v) is 9.08. The third kappa shape index (κ3) is 5.69. The number of carbonyl (C=O) groups excluding carboxylic acids is 2. The molecule has 1 amide bonds. The molecule has 2 heterocycles. The summed E-state index contributed by atoms with van der Waals surface area (Å²) in [5.74, 6) is -0.0954. The number of carbonyl (C=O) groups is 2. The van der Waals surface area contributed by atoms with E-state index in [0.29, 0.717) is 49.1 Å². The quantitative estimate of drug-likeness (QED) is 0.475. The van der Waals surface area contributed by atoms with Gasteiger partial charge in [0.1, 0.15) is 0 Å². The van der Waals surface area contributed by atoms with Crippen molar-refractivity contribution in [2.45, 2.75) is 4.90 Å². The Balaban J connectivity index is 1.26. The van der Waals surface area contributed by atoms with Gasteiger partial charge in [-0.05, 0) is 35.9 Å². The van der Waals surface area contributed by atoms with Gasteiger partial charge in [0.05, 0.1) is 18.1 Å². The molecule has 4 rings (SSSR count). The number of hydrogen-bond donors (Lipinski definition) is 1. The van der Waals surface area contributed by atoms with Gasteiger partial charge >= 0.3 is 5.97 Å². The summed E-state index contributed by atoms with van der Waals surface area (Å²) in [7, 11) is -3.58. The summed E-state index contributed by atoms with van der Waals surface area (Å²) in [5.41, 5.74) is 1.10. The van der Waals surface area contributed by atoms with Gasteiger partial charge in [-0.1, -0.05) is 12.1 Å². The van der Waals surface area contributed by atoms with E-state index in [9.17, 15) is 18.0 Å². The third-order valence-electron chi connectivity index (χ3n) is 4.90. The van der Waals surface area contributed by atoms with Crippen LogP contribution in [0.2, 0.25) is 0 Å². The molecule has 2 aromatic carbocycles. The predicted molar refractivity (Wildman–Crippen MR) is 117 cm³/mol. The fourth-order valence-electron chi connectivity index (χ4n) is 3.21. The fraction of sp³-hybridized carbons (Fsp3) is 0.273. The minimum Gasteiger partial charge on any atom is -0.454 e. The van der Waals surface area contributed by atoms with Gasteiger partial charge in [-0.3, -0.25) is 4.79 Å². The van der Waals surface area contributed by atoms with Crippen LogP contribution < -0.4 is 14.8 Å². The second-order valence-electron chi connectivity index (χ2n) is 7.14. The van der Waals surface area contributed by atoms with Gasteiger partial charge in [-0.15, -0.1) is 0 Å². The van der Waals surface area contributed by atoms with Crippen molar-refractivity contribution in [2.75, 3.05) is 45.0 Å². The van der Waals surface area contributed by atoms with Gasteiger partial charge in [0, 0.05) is 30.9 Å². The molecule has 0 unspecified atom stereocenters. The zero-order valence-corrected chi connectivity index (χ0v) is 18.4. The van der Waals surface area contributed by atoms with Crippen LogP contribution >= 0.6 is 0 Å². The van der Waals surface area contributed by atoms with Crippen LogP contribution in [0.4, 0.5) is 5.69 Å². The summed E-state index contributed by atoms with van der Waals surface area (Å²) in [5, 5.41) is 2.60. The highest BCUT2D eigenvalue weighted by atomic mass is 32.2. The number of anilines is 1. The van der Waals surface area contributed by atoms with E-state index >= 15 is 0 Å². The lowest BCUT2D eigenvalue weighted by Crippen LogP contribution is -2.40. The molecule has 1 N–H and O–H groups in total. The molecule has 0 aromatic heterocycles. The Bertz CT molecular complexity index is 1160. The van der Waals surface area contributed by atoms with Crippen LogP contribution in [0.15, 0.2) is 53.4 Å². The Morgan fingerprint density at radius 1 is 1.03 bits per heavy atom. The van der Waals surface area contributed by atoms with Crippen molar-refractivity contribution in [3.05, 3.63) is 54.1 Å². The van der Waals surface area contributed by atoms with E-state index in [1.807, 2.05) is 0 Å². The number of benzene rings is 2. The Morgan fingerprint density at radius 3 is 2.52 bits per heavy atom. The van der Waals surface area contributed by atoms with Gasteiger partial charge in [-0.25, -0.2) is 13.2 Å². The molecule has 0 atom stereocenters. The number of esters is 1. The van der Waals surface area contributed by atoms with Crippen LogP contribution in [0.3, 0.4) is 0 Å². The molecular formula is C22H22N2O8S. The summed E-state index contributed by atoms with van der Waals surface area (Å²) >= 11 is 0. The normalized spacial score (nSPS) is 16.0. The smallest absolute Gasteiger partial charge is 0.331 e. The van der Waals surface area contributed by atoms with Crippen molar-refractivity contribution < 1.29 is 37.0 Å². The summed E-state index contributed by atoms with van der Waals surface area (Å²) < 4.78 is 47.2. The maximum Gasteiger partial charge on any atom is 0.331 e. The highest BCUT2D eigenvalue weighted by Crippen LogP contribution is 2.34. The lowest BCUT2D eigenvalue weighted by molar-refractivity contribution is -0.142. The third-order valence-corrected chi connectivity index (χ3v) is 6.81. The Labute approximate surface area is 190 Å². The van der Waals surface area contributed by atoms with Crippen molar-refractivity contribution in [3.8, 4) is 11.5 Å². The molecule has 0 saturated carbocycles. The van der Waals surface area contributed by atoms with E-state index in [2.05, 4.69) is 5.32 Å². The van der Waals surface area contributed by atoms with Crippen LogP contribution in [-0.4, -0.2) is 64.3 Å². The molecule has 10 nitrogen and oxygen atoms in total. The number of sulfonamides is 1. The fourth-order valence-corrected chi connectivity index (χ4v) is 4.62. The lowest BCUT2D eigenvalue weighted by Gasteiger charge is -2.26. The van der Waals surface area contributed by atoms with Gasteiger partial charge in [0.15, 0.2) is 18.1 Å². The SMILES string of the molecule is O=C(COC(=O)C=Cc1ccc(S(=O)(=O)N2CCOCC2)cc1)Nc1ccc2c(c1)OCO2. The number of ether oxygens (including phenoxy) is 4. The van der Waals surface area contributed by atoms with Gasteiger partial charge < -0.3 is 24.3 Å². The molecule has 1 saturated heterocycles. The molecule has 2 aliphatic heterocycles. The standard InChI is InChI=1S/C22H22N2O8S/c25-21(23-17-4-7-19-20(13-17)32-15-31-19)14-30-22(26)8-3-16-1-5-18(6-2-16)33(27,28)24-9-11-29-12-10-24/h1-8,13H,9-12,14-15H2,(H,23,25). The molecule has 0 spiro atoms. The van der Waals surface area contributed by atoms with Crippen LogP contribution in [0.5, 0.6) is 11.5 Å². The van der Waals surface area contributed by atoms with Crippen molar-refractivity contribution in [3.63, 3.8) is 0 Å². The molecule has 0 bridgehead atoms. The molecule has 33 heavy (non-hydrogen) atoms.